The molecule has 1 aromatic carbocycles. The molecule has 0 aliphatic carbocycles. The number of sulfonamides is 1. The molecular formula is C21H25N3O3S3. The lowest BCUT2D eigenvalue weighted by molar-refractivity contribution is 0.0730. The van der Waals surface area contributed by atoms with Gasteiger partial charge in [-0.2, -0.15) is 4.31 Å². The normalized spacial score (nSPS) is 16.4. The molecule has 0 amide bonds. The molecule has 0 N–H and O–H groups in total. The maximum Gasteiger partial charge on any atom is 0.243 e. The van der Waals surface area contributed by atoms with E-state index in [2.05, 4.69) is 41.3 Å². The predicted molar refractivity (Wildman–Crippen MR) is 122 cm³/mol. The van der Waals surface area contributed by atoms with Crippen molar-refractivity contribution in [3.05, 3.63) is 52.0 Å². The van der Waals surface area contributed by atoms with Crippen LogP contribution < -0.4 is 4.80 Å². The van der Waals surface area contributed by atoms with Gasteiger partial charge in [0.15, 0.2) is 4.80 Å². The quantitative estimate of drug-likeness (QED) is 0.551. The highest BCUT2D eigenvalue weighted by molar-refractivity contribution is 7.89. The zero-order valence-electron chi connectivity index (χ0n) is 17.0. The van der Waals surface area contributed by atoms with Gasteiger partial charge in [0.2, 0.25) is 10.0 Å². The molecule has 0 bridgehead atoms. The molecule has 0 unspecified atom stereocenters. The minimum atomic E-state index is -3.49. The molecule has 6 nitrogen and oxygen atoms in total. The number of thiophene rings is 1. The molecule has 160 valence electrons. The molecule has 1 fully saturated rings. The molecule has 30 heavy (non-hydrogen) atoms. The third-order valence-electron chi connectivity index (χ3n) is 4.79. The van der Waals surface area contributed by atoms with Crippen LogP contribution in [-0.2, 0) is 21.3 Å². The molecule has 9 heteroatoms. The van der Waals surface area contributed by atoms with Gasteiger partial charge in [0.25, 0.3) is 0 Å². The fourth-order valence-electron chi connectivity index (χ4n) is 3.32. The lowest BCUT2D eigenvalue weighted by Crippen LogP contribution is -2.40. The number of aromatic nitrogens is 1. The molecule has 2 aromatic heterocycles. The second-order valence-electron chi connectivity index (χ2n) is 7.51. The Hall–Kier alpha value is -1.78. The van der Waals surface area contributed by atoms with Crippen LogP contribution in [0.15, 0.2) is 57.0 Å². The lowest BCUT2D eigenvalue weighted by atomic mass is 10.2. The van der Waals surface area contributed by atoms with Crippen LogP contribution in [0, 0.1) is 5.92 Å². The molecule has 3 aromatic rings. The van der Waals surface area contributed by atoms with Crippen molar-refractivity contribution in [3.8, 4) is 10.6 Å². The monoisotopic (exact) mass is 463 g/mol. The zero-order valence-corrected chi connectivity index (χ0v) is 19.5. The Labute approximate surface area is 185 Å². The largest absolute Gasteiger partial charge is 0.379 e. The Kier molecular flexibility index (Phi) is 6.54. The van der Waals surface area contributed by atoms with E-state index in [1.807, 2.05) is 0 Å². The Morgan fingerprint density at radius 1 is 1.10 bits per heavy atom. The number of morpholine rings is 1. The molecule has 0 radical (unpaired) electrons. The summed E-state index contributed by atoms with van der Waals surface area (Å²) in [6.45, 7) is 6.92. The Morgan fingerprint density at radius 3 is 2.47 bits per heavy atom. The van der Waals surface area contributed by atoms with Gasteiger partial charge < -0.3 is 9.30 Å². The average molecular weight is 464 g/mol. The van der Waals surface area contributed by atoms with Crippen LogP contribution in [0.5, 0.6) is 0 Å². The highest BCUT2D eigenvalue weighted by atomic mass is 32.2. The molecule has 1 aliphatic rings. The average Bonchev–Trinajstić information content (AvgIpc) is 3.39. The second kappa shape index (κ2) is 9.15. The third kappa shape index (κ3) is 4.60. The number of rotatable bonds is 6. The van der Waals surface area contributed by atoms with Crippen molar-refractivity contribution in [3.63, 3.8) is 0 Å². The van der Waals surface area contributed by atoms with Gasteiger partial charge in [0, 0.05) is 25.0 Å². The maximum atomic E-state index is 12.8. The van der Waals surface area contributed by atoms with Crippen molar-refractivity contribution in [2.24, 2.45) is 10.9 Å². The van der Waals surface area contributed by atoms with E-state index >= 15 is 0 Å². The van der Waals surface area contributed by atoms with Crippen molar-refractivity contribution >= 4 is 38.4 Å². The topological polar surface area (TPSA) is 63.9 Å². The first-order chi connectivity index (χ1) is 14.4. The van der Waals surface area contributed by atoms with Crippen molar-refractivity contribution < 1.29 is 13.2 Å². The van der Waals surface area contributed by atoms with E-state index in [-0.39, 0.29) is 0 Å². The number of nitrogens with zero attached hydrogens (tertiary/aromatic N) is 3. The molecule has 1 aliphatic heterocycles. The van der Waals surface area contributed by atoms with E-state index in [1.165, 1.54) is 14.9 Å². The lowest BCUT2D eigenvalue weighted by Gasteiger charge is -2.26. The van der Waals surface area contributed by atoms with Crippen LogP contribution in [0.3, 0.4) is 0 Å². The van der Waals surface area contributed by atoms with E-state index in [4.69, 9.17) is 9.73 Å². The number of ether oxygens (including phenoxy) is 1. The first-order valence-corrected chi connectivity index (χ1v) is 13.1. The van der Waals surface area contributed by atoms with Crippen LogP contribution in [0.25, 0.3) is 10.6 Å². The zero-order chi connectivity index (χ0) is 21.1. The smallest absolute Gasteiger partial charge is 0.243 e. The van der Waals surface area contributed by atoms with E-state index in [0.717, 1.165) is 17.0 Å². The van der Waals surface area contributed by atoms with Crippen LogP contribution in [-0.4, -0.2) is 43.6 Å². The second-order valence-corrected chi connectivity index (χ2v) is 11.2. The van der Waals surface area contributed by atoms with Crippen molar-refractivity contribution in [2.45, 2.75) is 25.3 Å². The molecule has 3 heterocycles. The van der Waals surface area contributed by atoms with Gasteiger partial charge in [0.1, 0.15) is 0 Å². The summed E-state index contributed by atoms with van der Waals surface area (Å²) >= 11 is 3.33. The standard InChI is InChI=1S/C21H25N3O3S3/c1-16(2)14-24-19(20-4-3-13-28-20)15-29-21(24)22-17-5-7-18(8-6-17)30(25,26)23-9-11-27-12-10-23/h3-8,13,15-16H,9-12,14H2,1-2H3. The molecule has 0 spiro atoms. The predicted octanol–water partition coefficient (Wildman–Crippen LogP) is 4.19. The third-order valence-corrected chi connectivity index (χ3v) is 8.46. The number of thiazole rings is 1. The first kappa shape index (κ1) is 21.5. The van der Waals surface area contributed by atoms with Crippen LogP contribution in [0.1, 0.15) is 13.8 Å². The number of benzene rings is 1. The first-order valence-electron chi connectivity index (χ1n) is 9.90. The van der Waals surface area contributed by atoms with E-state index < -0.39 is 10.0 Å². The highest BCUT2D eigenvalue weighted by Crippen LogP contribution is 2.26. The molecule has 0 saturated carbocycles. The van der Waals surface area contributed by atoms with E-state index in [9.17, 15) is 8.42 Å². The maximum absolute atomic E-state index is 12.8. The Bertz CT molecular complexity index is 1140. The summed E-state index contributed by atoms with van der Waals surface area (Å²) in [6, 6.07) is 11.0. The van der Waals surface area contributed by atoms with Gasteiger partial charge in [-0.3, -0.25) is 0 Å². The minimum absolute atomic E-state index is 0.295. The summed E-state index contributed by atoms with van der Waals surface area (Å²) in [5.74, 6) is 0.485. The SMILES string of the molecule is CC(C)Cn1c(-c2cccs2)csc1=Nc1ccc(S(=O)(=O)N2CCOCC2)cc1. The summed E-state index contributed by atoms with van der Waals surface area (Å²) in [6.07, 6.45) is 0. The van der Waals surface area contributed by atoms with Crippen molar-refractivity contribution in [2.75, 3.05) is 26.3 Å². The summed E-state index contributed by atoms with van der Waals surface area (Å²) in [4.78, 5) is 7.25. The fourth-order valence-corrected chi connectivity index (χ4v) is 6.48. The molecule has 4 rings (SSSR count). The number of hydrogen-bond acceptors (Lipinski definition) is 6. The summed E-state index contributed by atoms with van der Waals surface area (Å²) in [7, 11) is -3.49. The fraction of sp³-hybridized carbons (Fsp3) is 0.381. The molecular weight excluding hydrogens is 438 g/mol. The van der Waals surface area contributed by atoms with E-state index in [1.54, 1.807) is 46.9 Å². The Balaban J connectivity index is 1.65. The van der Waals surface area contributed by atoms with Crippen LogP contribution >= 0.6 is 22.7 Å². The highest BCUT2D eigenvalue weighted by Gasteiger charge is 2.26. The van der Waals surface area contributed by atoms with Gasteiger partial charge in [-0.25, -0.2) is 13.4 Å². The minimum Gasteiger partial charge on any atom is -0.379 e. The van der Waals surface area contributed by atoms with Crippen molar-refractivity contribution in [1.82, 2.24) is 8.87 Å². The van der Waals surface area contributed by atoms with Gasteiger partial charge in [-0.05, 0) is 41.6 Å². The van der Waals surface area contributed by atoms with Gasteiger partial charge >= 0.3 is 0 Å². The van der Waals surface area contributed by atoms with E-state index in [0.29, 0.717) is 37.1 Å². The van der Waals surface area contributed by atoms with Crippen LogP contribution in [0.4, 0.5) is 5.69 Å². The number of hydrogen-bond donors (Lipinski definition) is 0. The molecule has 1 saturated heterocycles. The van der Waals surface area contributed by atoms with Crippen molar-refractivity contribution in [1.29, 1.82) is 0 Å². The summed E-state index contributed by atoms with van der Waals surface area (Å²) in [5, 5.41) is 4.22. The van der Waals surface area contributed by atoms with Gasteiger partial charge in [-0.1, -0.05) is 19.9 Å². The van der Waals surface area contributed by atoms with Crippen LogP contribution in [0.2, 0.25) is 0 Å². The van der Waals surface area contributed by atoms with Gasteiger partial charge in [0.05, 0.1) is 34.4 Å². The van der Waals surface area contributed by atoms with Gasteiger partial charge in [-0.15, -0.1) is 22.7 Å². The summed E-state index contributed by atoms with van der Waals surface area (Å²) < 4.78 is 34.6. The summed E-state index contributed by atoms with van der Waals surface area (Å²) in [5.41, 5.74) is 1.92. The molecule has 0 atom stereocenters. The Morgan fingerprint density at radius 2 is 1.83 bits per heavy atom.